The van der Waals surface area contributed by atoms with Gasteiger partial charge in [0.25, 0.3) is 0 Å². The van der Waals surface area contributed by atoms with Crippen LogP contribution < -0.4 is 5.32 Å². The van der Waals surface area contributed by atoms with E-state index < -0.39 is 0 Å². The Bertz CT molecular complexity index is 248. The summed E-state index contributed by atoms with van der Waals surface area (Å²) in [4.78, 5) is 0. The number of nitrogens with one attached hydrogen (secondary N) is 1. The van der Waals surface area contributed by atoms with Crippen LogP contribution in [-0.4, -0.2) is 16.8 Å². The van der Waals surface area contributed by atoms with Crippen LogP contribution in [0.15, 0.2) is 6.07 Å². The van der Waals surface area contributed by atoms with Gasteiger partial charge in [0.2, 0.25) is 0 Å². The molecule has 1 heterocycles. The Morgan fingerprint density at radius 3 is 2.67 bits per heavy atom. The number of hydrogen-bond acceptors (Lipinski definition) is 2. The standard InChI is InChI=1S/C9H17N3/c1-5-8(10-3)9-6-7(2)11-12(9)4/h6,8,10H,5H2,1-4H3. The van der Waals surface area contributed by atoms with Gasteiger partial charge in [-0.25, -0.2) is 0 Å². The maximum absolute atomic E-state index is 4.30. The largest absolute Gasteiger partial charge is 0.312 e. The van der Waals surface area contributed by atoms with Crippen LogP contribution in [0.5, 0.6) is 0 Å². The summed E-state index contributed by atoms with van der Waals surface area (Å²) in [5.74, 6) is 0. The molecule has 0 aliphatic carbocycles. The van der Waals surface area contributed by atoms with E-state index in [1.807, 2.05) is 25.7 Å². The van der Waals surface area contributed by atoms with Crippen LogP contribution in [0.3, 0.4) is 0 Å². The van der Waals surface area contributed by atoms with E-state index in [0.29, 0.717) is 6.04 Å². The fourth-order valence-corrected chi connectivity index (χ4v) is 1.52. The molecule has 0 aromatic carbocycles. The second-order valence-electron chi connectivity index (χ2n) is 3.08. The van der Waals surface area contributed by atoms with E-state index in [0.717, 1.165) is 12.1 Å². The highest BCUT2D eigenvalue weighted by Crippen LogP contribution is 2.15. The molecule has 0 spiro atoms. The summed E-state index contributed by atoms with van der Waals surface area (Å²) in [5.41, 5.74) is 2.35. The summed E-state index contributed by atoms with van der Waals surface area (Å²) < 4.78 is 1.94. The molecule has 3 nitrogen and oxygen atoms in total. The molecule has 1 unspecified atom stereocenters. The molecule has 68 valence electrons. The lowest BCUT2D eigenvalue weighted by Gasteiger charge is -2.13. The van der Waals surface area contributed by atoms with Crippen molar-refractivity contribution in [2.75, 3.05) is 7.05 Å². The van der Waals surface area contributed by atoms with Gasteiger partial charge < -0.3 is 5.32 Å². The minimum atomic E-state index is 0.427. The molecular weight excluding hydrogens is 150 g/mol. The van der Waals surface area contributed by atoms with E-state index in [4.69, 9.17) is 0 Å². The third-order valence-corrected chi connectivity index (χ3v) is 2.15. The maximum Gasteiger partial charge on any atom is 0.0597 e. The number of nitrogens with zero attached hydrogens (tertiary/aromatic N) is 2. The number of aryl methyl sites for hydroxylation is 2. The lowest BCUT2D eigenvalue weighted by Crippen LogP contribution is -2.18. The highest BCUT2D eigenvalue weighted by molar-refractivity contribution is 5.12. The van der Waals surface area contributed by atoms with E-state index in [1.54, 1.807) is 0 Å². The van der Waals surface area contributed by atoms with E-state index in [-0.39, 0.29) is 0 Å². The molecule has 0 radical (unpaired) electrons. The Morgan fingerprint density at radius 1 is 1.67 bits per heavy atom. The van der Waals surface area contributed by atoms with Crippen LogP contribution in [0.25, 0.3) is 0 Å². The maximum atomic E-state index is 4.30. The van der Waals surface area contributed by atoms with Gasteiger partial charge >= 0.3 is 0 Å². The van der Waals surface area contributed by atoms with E-state index in [2.05, 4.69) is 23.4 Å². The third-order valence-electron chi connectivity index (χ3n) is 2.15. The predicted molar refractivity (Wildman–Crippen MR) is 50.0 cm³/mol. The van der Waals surface area contributed by atoms with E-state index in [9.17, 15) is 0 Å². The molecule has 1 aromatic heterocycles. The summed E-state index contributed by atoms with van der Waals surface area (Å²) in [7, 11) is 3.97. The molecule has 0 bridgehead atoms. The number of hydrogen-bond donors (Lipinski definition) is 1. The van der Waals surface area contributed by atoms with Gasteiger partial charge in [0.15, 0.2) is 0 Å². The fourth-order valence-electron chi connectivity index (χ4n) is 1.52. The van der Waals surface area contributed by atoms with Gasteiger partial charge in [0, 0.05) is 13.1 Å². The van der Waals surface area contributed by atoms with Gasteiger partial charge in [-0.15, -0.1) is 0 Å². The first-order chi connectivity index (χ1) is 5.69. The molecule has 1 N–H and O–H groups in total. The Hall–Kier alpha value is -0.830. The zero-order valence-electron chi connectivity index (χ0n) is 8.26. The molecule has 0 saturated carbocycles. The van der Waals surface area contributed by atoms with E-state index in [1.165, 1.54) is 5.69 Å². The molecule has 0 saturated heterocycles. The van der Waals surface area contributed by atoms with Crippen molar-refractivity contribution < 1.29 is 0 Å². The quantitative estimate of drug-likeness (QED) is 0.737. The minimum Gasteiger partial charge on any atom is -0.312 e. The number of aromatic nitrogens is 2. The predicted octanol–water partition coefficient (Wildman–Crippen LogP) is 1.40. The van der Waals surface area contributed by atoms with Crippen LogP contribution in [-0.2, 0) is 7.05 Å². The van der Waals surface area contributed by atoms with Crippen molar-refractivity contribution in [3.05, 3.63) is 17.5 Å². The Morgan fingerprint density at radius 2 is 2.33 bits per heavy atom. The van der Waals surface area contributed by atoms with Crippen molar-refractivity contribution in [2.45, 2.75) is 26.3 Å². The molecule has 0 aliphatic heterocycles. The second-order valence-corrected chi connectivity index (χ2v) is 3.08. The van der Waals surface area contributed by atoms with Crippen LogP contribution in [0.4, 0.5) is 0 Å². The Labute approximate surface area is 73.8 Å². The lowest BCUT2D eigenvalue weighted by atomic mass is 10.1. The van der Waals surface area contributed by atoms with Crippen LogP contribution in [0.1, 0.15) is 30.8 Å². The minimum absolute atomic E-state index is 0.427. The molecule has 0 amide bonds. The average molecular weight is 167 g/mol. The zero-order valence-corrected chi connectivity index (χ0v) is 8.26. The monoisotopic (exact) mass is 167 g/mol. The van der Waals surface area contributed by atoms with E-state index >= 15 is 0 Å². The molecule has 12 heavy (non-hydrogen) atoms. The van der Waals surface area contributed by atoms with Crippen LogP contribution in [0, 0.1) is 6.92 Å². The fraction of sp³-hybridized carbons (Fsp3) is 0.667. The molecule has 1 aromatic rings. The lowest BCUT2D eigenvalue weighted by molar-refractivity contribution is 0.526. The van der Waals surface area contributed by atoms with Gasteiger partial charge in [-0.1, -0.05) is 6.92 Å². The van der Waals surface area contributed by atoms with Gasteiger partial charge in [-0.3, -0.25) is 4.68 Å². The Kier molecular flexibility index (Phi) is 2.87. The van der Waals surface area contributed by atoms with Gasteiger partial charge in [-0.05, 0) is 26.5 Å². The van der Waals surface area contributed by atoms with Crippen molar-refractivity contribution in [3.8, 4) is 0 Å². The van der Waals surface area contributed by atoms with Crippen molar-refractivity contribution in [2.24, 2.45) is 7.05 Å². The van der Waals surface area contributed by atoms with Gasteiger partial charge in [-0.2, -0.15) is 5.10 Å². The topological polar surface area (TPSA) is 29.9 Å². The SMILES string of the molecule is CCC(NC)c1cc(C)nn1C. The summed E-state index contributed by atoms with van der Waals surface area (Å²) in [6, 6.07) is 2.56. The molecule has 1 atom stereocenters. The second kappa shape index (κ2) is 3.72. The van der Waals surface area contributed by atoms with Crippen LogP contribution in [0.2, 0.25) is 0 Å². The van der Waals surface area contributed by atoms with Crippen molar-refractivity contribution in [1.82, 2.24) is 15.1 Å². The third kappa shape index (κ3) is 1.67. The molecule has 0 aliphatic rings. The van der Waals surface area contributed by atoms with Gasteiger partial charge in [0.05, 0.1) is 11.4 Å². The highest BCUT2D eigenvalue weighted by atomic mass is 15.3. The normalized spacial score (nSPS) is 13.3. The summed E-state index contributed by atoms with van der Waals surface area (Å²) in [5, 5.41) is 7.57. The summed E-state index contributed by atoms with van der Waals surface area (Å²) in [6.07, 6.45) is 1.09. The van der Waals surface area contributed by atoms with Gasteiger partial charge in [0.1, 0.15) is 0 Å². The number of rotatable bonds is 3. The highest BCUT2D eigenvalue weighted by Gasteiger charge is 2.10. The van der Waals surface area contributed by atoms with Crippen LogP contribution >= 0.6 is 0 Å². The summed E-state index contributed by atoms with van der Waals surface area (Å²) >= 11 is 0. The van der Waals surface area contributed by atoms with Crippen molar-refractivity contribution in [1.29, 1.82) is 0 Å². The average Bonchev–Trinajstić information content (AvgIpc) is 2.34. The molecule has 0 fully saturated rings. The molecule has 1 rings (SSSR count). The zero-order chi connectivity index (χ0) is 9.14. The summed E-state index contributed by atoms with van der Waals surface area (Å²) in [6.45, 7) is 4.19. The molecule has 3 heteroatoms. The first-order valence-electron chi connectivity index (χ1n) is 4.36. The van der Waals surface area contributed by atoms with Crippen molar-refractivity contribution >= 4 is 0 Å². The first-order valence-corrected chi connectivity index (χ1v) is 4.36. The van der Waals surface area contributed by atoms with Crippen molar-refractivity contribution in [3.63, 3.8) is 0 Å². The smallest absolute Gasteiger partial charge is 0.0597 e. The first kappa shape index (κ1) is 9.26. The molecular formula is C9H17N3. The Balaban J connectivity index is 2.91.